The molecule has 1 fully saturated rings. The third-order valence-electron chi connectivity index (χ3n) is 3.83. The molecule has 110 valence electrons. The van der Waals surface area contributed by atoms with Crippen LogP contribution in [0.15, 0.2) is 42.5 Å². The molecule has 4 nitrogen and oxygen atoms in total. The molecule has 2 N–H and O–H groups in total. The summed E-state index contributed by atoms with van der Waals surface area (Å²) >= 11 is 0. The summed E-state index contributed by atoms with van der Waals surface area (Å²) < 4.78 is 12.9. The van der Waals surface area contributed by atoms with Gasteiger partial charge in [-0.2, -0.15) is 0 Å². The Bertz CT molecular complexity index is 850. The number of carbonyl (C=O) groups is 1. The fourth-order valence-electron chi connectivity index (χ4n) is 2.46. The number of fused-ring (bicyclic) bond motifs is 1. The van der Waals surface area contributed by atoms with Crippen LogP contribution in [0.3, 0.4) is 0 Å². The quantitative estimate of drug-likeness (QED) is 0.771. The van der Waals surface area contributed by atoms with E-state index in [0.717, 1.165) is 16.9 Å². The van der Waals surface area contributed by atoms with E-state index in [0.29, 0.717) is 17.2 Å². The maximum absolute atomic E-state index is 12.9. The number of H-pyrrole nitrogens is 1. The Labute approximate surface area is 126 Å². The number of halogens is 1. The molecule has 0 bridgehead atoms. The Morgan fingerprint density at radius 2 is 1.95 bits per heavy atom. The first-order chi connectivity index (χ1) is 10.7. The van der Waals surface area contributed by atoms with Crippen LogP contribution in [0.4, 0.5) is 10.1 Å². The number of aromatic nitrogens is 2. The minimum atomic E-state index is -0.358. The number of carbonyl (C=O) groups excluding carboxylic acids is 1. The van der Waals surface area contributed by atoms with Crippen molar-refractivity contribution >= 4 is 22.6 Å². The number of amides is 1. The smallest absolute Gasteiger partial charge is 0.255 e. The number of nitrogens with zero attached hydrogens (tertiary/aromatic N) is 1. The average Bonchev–Trinajstić information content (AvgIpc) is 3.28. The van der Waals surface area contributed by atoms with Gasteiger partial charge in [0.1, 0.15) is 11.6 Å². The highest BCUT2D eigenvalue weighted by Crippen LogP contribution is 2.39. The van der Waals surface area contributed by atoms with E-state index in [4.69, 9.17) is 0 Å². The molecule has 1 aliphatic rings. The normalized spacial score (nSPS) is 14.2. The highest BCUT2D eigenvalue weighted by atomic mass is 19.1. The standard InChI is InChI=1S/C17H14FN3O/c18-12-5-3-11(4-6-12)17(22)19-13-7-8-14-15(9-13)21-16(20-14)10-1-2-10/h3-10H,1-2H2,(H,19,22)(H,20,21). The van der Waals surface area contributed by atoms with Gasteiger partial charge in [0.2, 0.25) is 0 Å². The van der Waals surface area contributed by atoms with Gasteiger partial charge in [-0.05, 0) is 55.3 Å². The third kappa shape index (κ3) is 2.45. The van der Waals surface area contributed by atoms with Gasteiger partial charge in [0.15, 0.2) is 0 Å². The Balaban J connectivity index is 1.58. The number of anilines is 1. The van der Waals surface area contributed by atoms with Crippen molar-refractivity contribution in [1.29, 1.82) is 0 Å². The van der Waals surface area contributed by atoms with Crippen molar-refractivity contribution in [3.63, 3.8) is 0 Å². The zero-order valence-corrected chi connectivity index (χ0v) is 11.8. The first-order valence-corrected chi connectivity index (χ1v) is 7.25. The molecule has 0 spiro atoms. The molecule has 22 heavy (non-hydrogen) atoms. The second-order valence-electron chi connectivity index (χ2n) is 5.59. The number of aromatic amines is 1. The van der Waals surface area contributed by atoms with E-state index in [1.54, 1.807) is 0 Å². The van der Waals surface area contributed by atoms with Gasteiger partial charge in [0.05, 0.1) is 11.0 Å². The molecule has 0 saturated heterocycles. The predicted octanol–water partition coefficient (Wildman–Crippen LogP) is 3.83. The van der Waals surface area contributed by atoms with Gasteiger partial charge in [-0.3, -0.25) is 4.79 Å². The van der Waals surface area contributed by atoms with Crippen molar-refractivity contribution in [2.24, 2.45) is 0 Å². The molecule has 0 unspecified atom stereocenters. The van der Waals surface area contributed by atoms with E-state index in [-0.39, 0.29) is 11.7 Å². The van der Waals surface area contributed by atoms with E-state index in [1.165, 1.54) is 37.1 Å². The summed E-state index contributed by atoms with van der Waals surface area (Å²) in [6, 6.07) is 11.0. The fourth-order valence-corrected chi connectivity index (χ4v) is 2.46. The summed E-state index contributed by atoms with van der Waals surface area (Å²) in [5.74, 6) is 0.964. The van der Waals surface area contributed by atoms with Crippen molar-refractivity contribution in [3.05, 3.63) is 59.7 Å². The summed E-state index contributed by atoms with van der Waals surface area (Å²) in [6.07, 6.45) is 2.38. The number of hydrogen-bond acceptors (Lipinski definition) is 2. The highest BCUT2D eigenvalue weighted by Gasteiger charge is 2.26. The number of rotatable bonds is 3. The zero-order valence-electron chi connectivity index (χ0n) is 11.8. The van der Waals surface area contributed by atoms with E-state index in [1.807, 2.05) is 18.2 Å². The van der Waals surface area contributed by atoms with Crippen LogP contribution in [0.2, 0.25) is 0 Å². The first kappa shape index (κ1) is 13.0. The minimum Gasteiger partial charge on any atom is -0.342 e. The zero-order chi connectivity index (χ0) is 15.1. The van der Waals surface area contributed by atoms with Gasteiger partial charge >= 0.3 is 0 Å². The van der Waals surface area contributed by atoms with Crippen LogP contribution in [0.1, 0.15) is 34.9 Å². The maximum atomic E-state index is 12.9. The second-order valence-corrected chi connectivity index (χ2v) is 5.59. The summed E-state index contributed by atoms with van der Waals surface area (Å²) in [5, 5.41) is 2.81. The van der Waals surface area contributed by atoms with Crippen LogP contribution in [0, 0.1) is 5.82 Å². The minimum absolute atomic E-state index is 0.263. The molecule has 1 saturated carbocycles. The van der Waals surface area contributed by atoms with Gasteiger partial charge in [0.25, 0.3) is 5.91 Å². The molecule has 1 amide bonds. The van der Waals surface area contributed by atoms with Gasteiger partial charge in [-0.1, -0.05) is 0 Å². The van der Waals surface area contributed by atoms with Crippen molar-refractivity contribution in [1.82, 2.24) is 9.97 Å². The predicted molar refractivity (Wildman–Crippen MR) is 82.4 cm³/mol. The second kappa shape index (κ2) is 4.94. The molecule has 0 atom stereocenters. The molecular weight excluding hydrogens is 281 g/mol. The van der Waals surface area contributed by atoms with Gasteiger partial charge < -0.3 is 10.3 Å². The van der Waals surface area contributed by atoms with Gasteiger partial charge in [0, 0.05) is 17.2 Å². The van der Waals surface area contributed by atoms with E-state index < -0.39 is 0 Å². The first-order valence-electron chi connectivity index (χ1n) is 7.25. The van der Waals surface area contributed by atoms with Crippen LogP contribution in [-0.2, 0) is 0 Å². The largest absolute Gasteiger partial charge is 0.342 e. The van der Waals surface area contributed by atoms with Crippen LogP contribution >= 0.6 is 0 Å². The van der Waals surface area contributed by atoms with E-state index in [9.17, 15) is 9.18 Å². The summed E-state index contributed by atoms with van der Waals surface area (Å²) in [7, 11) is 0. The number of hydrogen-bond donors (Lipinski definition) is 2. The van der Waals surface area contributed by atoms with Gasteiger partial charge in [-0.15, -0.1) is 0 Å². The molecule has 3 aromatic rings. The fraction of sp³-hybridized carbons (Fsp3) is 0.176. The molecule has 1 aromatic heterocycles. The summed E-state index contributed by atoms with van der Waals surface area (Å²) in [5.41, 5.74) is 2.93. The van der Waals surface area contributed by atoms with Crippen molar-refractivity contribution in [3.8, 4) is 0 Å². The summed E-state index contributed by atoms with van der Waals surface area (Å²) in [4.78, 5) is 20.0. The lowest BCUT2D eigenvalue weighted by molar-refractivity contribution is 0.102. The Morgan fingerprint density at radius 1 is 1.18 bits per heavy atom. The van der Waals surface area contributed by atoms with Crippen molar-refractivity contribution in [2.45, 2.75) is 18.8 Å². The third-order valence-corrected chi connectivity index (χ3v) is 3.83. The van der Waals surface area contributed by atoms with E-state index in [2.05, 4.69) is 15.3 Å². The average molecular weight is 295 g/mol. The number of nitrogens with one attached hydrogen (secondary N) is 2. The van der Waals surface area contributed by atoms with Crippen molar-refractivity contribution in [2.75, 3.05) is 5.32 Å². The molecule has 4 rings (SSSR count). The Morgan fingerprint density at radius 3 is 2.68 bits per heavy atom. The lowest BCUT2D eigenvalue weighted by atomic mass is 10.2. The number of benzene rings is 2. The SMILES string of the molecule is O=C(Nc1ccc2nc(C3CC3)[nH]c2c1)c1ccc(F)cc1. The summed E-state index contributed by atoms with van der Waals surface area (Å²) in [6.45, 7) is 0. The molecule has 0 radical (unpaired) electrons. The molecular formula is C17H14FN3O. The monoisotopic (exact) mass is 295 g/mol. The Hall–Kier alpha value is -2.69. The molecule has 1 aliphatic carbocycles. The lowest BCUT2D eigenvalue weighted by Gasteiger charge is -2.05. The lowest BCUT2D eigenvalue weighted by Crippen LogP contribution is -2.11. The Kier molecular flexibility index (Phi) is 2.92. The van der Waals surface area contributed by atoms with Crippen LogP contribution < -0.4 is 5.32 Å². The van der Waals surface area contributed by atoms with Gasteiger partial charge in [-0.25, -0.2) is 9.37 Å². The highest BCUT2D eigenvalue weighted by molar-refractivity contribution is 6.04. The maximum Gasteiger partial charge on any atom is 0.255 e. The van der Waals surface area contributed by atoms with Crippen LogP contribution in [0.25, 0.3) is 11.0 Å². The molecule has 2 aromatic carbocycles. The van der Waals surface area contributed by atoms with Crippen LogP contribution in [0.5, 0.6) is 0 Å². The van der Waals surface area contributed by atoms with E-state index >= 15 is 0 Å². The molecule has 5 heteroatoms. The van der Waals surface area contributed by atoms with Crippen LogP contribution in [-0.4, -0.2) is 15.9 Å². The molecule has 0 aliphatic heterocycles. The number of imidazole rings is 1. The topological polar surface area (TPSA) is 57.8 Å². The molecule has 1 heterocycles. The van der Waals surface area contributed by atoms with Crippen molar-refractivity contribution < 1.29 is 9.18 Å².